The third kappa shape index (κ3) is 2.89. The first-order valence-electron chi connectivity index (χ1n) is 7.80. The molecular formula is C17H21FINO2. The number of fused-ring (bicyclic) bond motifs is 2. The lowest BCUT2D eigenvalue weighted by molar-refractivity contribution is -0.150. The van der Waals surface area contributed by atoms with Gasteiger partial charge in [-0.2, -0.15) is 0 Å². The number of benzene rings is 1. The van der Waals surface area contributed by atoms with Gasteiger partial charge in [-0.25, -0.2) is 4.39 Å². The van der Waals surface area contributed by atoms with E-state index in [0.717, 1.165) is 19.3 Å². The van der Waals surface area contributed by atoms with E-state index in [9.17, 15) is 9.18 Å². The van der Waals surface area contributed by atoms with E-state index in [1.165, 1.54) is 16.2 Å². The number of hydrogen-bond donors (Lipinski definition) is 0. The fourth-order valence-electron chi connectivity index (χ4n) is 4.27. The summed E-state index contributed by atoms with van der Waals surface area (Å²) in [5, 5.41) is 0. The molecule has 0 unspecified atom stereocenters. The van der Waals surface area contributed by atoms with Crippen molar-refractivity contribution in [3.63, 3.8) is 0 Å². The Kier molecular flexibility index (Phi) is 5.02. The minimum Gasteiger partial charge on any atom is -0.469 e. The number of piperidine rings is 1. The molecule has 2 aliphatic heterocycles. The number of rotatable bonds is 4. The van der Waals surface area contributed by atoms with Crippen LogP contribution in [0, 0.1) is 9.49 Å². The van der Waals surface area contributed by atoms with Crippen LogP contribution in [0.4, 0.5) is 4.39 Å². The number of halogens is 2. The SMILES string of the molecule is COC(=O)[C@H]1[C@@H](c2ccc(I)cc2)C[C@H]2CC[C@@H]1N2CCF. The van der Waals surface area contributed by atoms with E-state index < -0.39 is 0 Å². The van der Waals surface area contributed by atoms with Crippen LogP contribution in [0.1, 0.15) is 30.7 Å². The average Bonchev–Trinajstić information content (AvgIpc) is 2.80. The first-order valence-corrected chi connectivity index (χ1v) is 8.88. The average molecular weight is 417 g/mol. The van der Waals surface area contributed by atoms with Gasteiger partial charge in [0.2, 0.25) is 0 Å². The smallest absolute Gasteiger partial charge is 0.310 e. The molecule has 0 saturated carbocycles. The Labute approximate surface area is 144 Å². The Balaban J connectivity index is 1.92. The van der Waals surface area contributed by atoms with Crippen LogP contribution < -0.4 is 0 Å². The third-order valence-corrected chi connectivity index (χ3v) is 5.90. The van der Waals surface area contributed by atoms with Crippen molar-refractivity contribution >= 4 is 28.6 Å². The zero-order valence-electron chi connectivity index (χ0n) is 12.7. The number of carbonyl (C=O) groups is 1. The Bertz CT molecular complexity index is 536. The number of carbonyl (C=O) groups excluding carboxylic acids is 1. The molecule has 0 N–H and O–H groups in total. The lowest BCUT2D eigenvalue weighted by atomic mass is 9.76. The van der Waals surface area contributed by atoms with Crippen LogP contribution >= 0.6 is 22.6 Å². The van der Waals surface area contributed by atoms with Gasteiger partial charge in [0, 0.05) is 28.1 Å². The van der Waals surface area contributed by atoms with Gasteiger partial charge < -0.3 is 4.74 Å². The van der Waals surface area contributed by atoms with Crippen molar-refractivity contribution in [3.05, 3.63) is 33.4 Å². The molecular weight excluding hydrogens is 396 g/mol. The van der Waals surface area contributed by atoms with E-state index in [0.29, 0.717) is 12.6 Å². The minimum absolute atomic E-state index is 0.117. The number of alkyl halides is 1. The Morgan fingerprint density at radius 3 is 2.73 bits per heavy atom. The molecule has 3 rings (SSSR count). The maximum absolute atomic E-state index is 12.9. The molecule has 0 spiro atoms. The second-order valence-corrected chi connectivity index (χ2v) is 7.41. The van der Waals surface area contributed by atoms with E-state index in [1.54, 1.807) is 0 Å². The number of ether oxygens (including phenoxy) is 1. The summed E-state index contributed by atoms with van der Waals surface area (Å²) in [7, 11) is 1.45. The van der Waals surface area contributed by atoms with Crippen LogP contribution in [0.15, 0.2) is 24.3 Å². The molecule has 4 atom stereocenters. The van der Waals surface area contributed by atoms with Crippen LogP contribution in [0.3, 0.4) is 0 Å². The van der Waals surface area contributed by atoms with Gasteiger partial charge in [-0.05, 0) is 59.5 Å². The van der Waals surface area contributed by atoms with Crippen LogP contribution in [0.5, 0.6) is 0 Å². The lowest BCUT2D eigenvalue weighted by Crippen LogP contribution is -2.51. The van der Waals surface area contributed by atoms with E-state index in [1.807, 2.05) is 0 Å². The second-order valence-electron chi connectivity index (χ2n) is 6.17. The van der Waals surface area contributed by atoms with Crippen LogP contribution in [0.25, 0.3) is 0 Å². The fraction of sp³-hybridized carbons (Fsp3) is 0.588. The van der Waals surface area contributed by atoms with Crippen molar-refractivity contribution in [3.8, 4) is 0 Å². The number of hydrogen-bond acceptors (Lipinski definition) is 3. The zero-order chi connectivity index (χ0) is 15.7. The zero-order valence-corrected chi connectivity index (χ0v) is 14.8. The normalized spacial score (nSPS) is 31.2. The molecule has 0 aromatic heterocycles. The monoisotopic (exact) mass is 417 g/mol. The topological polar surface area (TPSA) is 29.5 Å². The number of esters is 1. The molecule has 22 heavy (non-hydrogen) atoms. The molecule has 0 aliphatic carbocycles. The second kappa shape index (κ2) is 6.83. The van der Waals surface area contributed by atoms with Crippen molar-refractivity contribution in [2.24, 2.45) is 5.92 Å². The van der Waals surface area contributed by atoms with Crippen LogP contribution in [-0.4, -0.2) is 43.3 Å². The molecule has 3 nitrogen and oxygen atoms in total. The Hall–Kier alpha value is -0.690. The molecule has 120 valence electrons. The fourth-order valence-corrected chi connectivity index (χ4v) is 4.63. The van der Waals surface area contributed by atoms with Crippen molar-refractivity contribution in [1.29, 1.82) is 0 Å². The van der Waals surface area contributed by atoms with Crippen LogP contribution in [-0.2, 0) is 9.53 Å². The highest BCUT2D eigenvalue weighted by Crippen LogP contribution is 2.47. The molecule has 2 fully saturated rings. The van der Waals surface area contributed by atoms with E-state index in [4.69, 9.17) is 4.74 Å². The van der Waals surface area contributed by atoms with Crippen molar-refractivity contribution < 1.29 is 13.9 Å². The summed E-state index contributed by atoms with van der Waals surface area (Å²) >= 11 is 2.29. The van der Waals surface area contributed by atoms with Gasteiger partial charge in [-0.15, -0.1) is 0 Å². The molecule has 2 bridgehead atoms. The standard InChI is InChI=1S/C17H21FINO2/c1-22-17(21)16-14(11-2-4-12(19)5-3-11)10-13-6-7-15(16)20(13)9-8-18/h2-5,13-16H,6-10H2,1H3/t13-,14-,15+,16+/m1/s1. The molecule has 5 heteroatoms. The molecule has 1 aromatic carbocycles. The molecule has 2 saturated heterocycles. The Morgan fingerprint density at radius 1 is 1.36 bits per heavy atom. The maximum Gasteiger partial charge on any atom is 0.310 e. The minimum atomic E-state index is -0.352. The van der Waals surface area contributed by atoms with Gasteiger partial charge >= 0.3 is 5.97 Å². The molecule has 0 amide bonds. The predicted molar refractivity (Wildman–Crippen MR) is 91.5 cm³/mol. The summed E-state index contributed by atoms with van der Waals surface area (Å²) in [5.74, 6) is -0.161. The van der Waals surface area contributed by atoms with Crippen molar-refractivity contribution in [1.82, 2.24) is 4.90 Å². The highest BCUT2D eigenvalue weighted by Gasteiger charge is 2.50. The predicted octanol–water partition coefficient (Wildman–Crippen LogP) is 3.37. The van der Waals surface area contributed by atoms with Gasteiger partial charge in [-0.1, -0.05) is 12.1 Å². The van der Waals surface area contributed by atoms with Crippen molar-refractivity contribution in [2.45, 2.75) is 37.3 Å². The number of methoxy groups -OCH3 is 1. The van der Waals surface area contributed by atoms with E-state index in [-0.39, 0.29) is 30.5 Å². The first kappa shape index (κ1) is 16.2. The third-order valence-electron chi connectivity index (χ3n) is 5.18. The highest BCUT2D eigenvalue weighted by atomic mass is 127. The van der Waals surface area contributed by atoms with Gasteiger partial charge in [0.05, 0.1) is 13.0 Å². The van der Waals surface area contributed by atoms with E-state index in [2.05, 4.69) is 51.8 Å². The largest absolute Gasteiger partial charge is 0.469 e. The highest BCUT2D eigenvalue weighted by molar-refractivity contribution is 14.1. The molecule has 1 aromatic rings. The first-order chi connectivity index (χ1) is 10.7. The summed E-state index contributed by atoms with van der Waals surface area (Å²) in [5.41, 5.74) is 1.20. The lowest BCUT2D eigenvalue weighted by Gasteiger charge is -2.43. The maximum atomic E-state index is 12.9. The van der Waals surface area contributed by atoms with Crippen molar-refractivity contribution in [2.75, 3.05) is 20.3 Å². The van der Waals surface area contributed by atoms with Gasteiger partial charge in [-0.3, -0.25) is 9.69 Å². The summed E-state index contributed by atoms with van der Waals surface area (Å²) in [6.45, 7) is 0.0807. The van der Waals surface area contributed by atoms with E-state index >= 15 is 0 Å². The molecule has 2 aliphatic rings. The summed E-state index contributed by atoms with van der Waals surface area (Å²) < 4.78 is 19.1. The number of nitrogens with zero attached hydrogens (tertiary/aromatic N) is 1. The quantitative estimate of drug-likeness (QED) is 0.556. The molecule has 2 heterocycles. The summed E-state index contributed by atoms with van der Waals surface area (Å²) in [6.07, 6.45) is 2.93. The van der Waals surface area contributed by atoms with Crippen LogP contribution in [0.2, 0.25) is 0 Å². The van der Waals surface area contributed by atoms with Gasteiger partial charge in [0.1, 0.15) is 6.67 Å². The van der Waals surface area contributed by atoms with Gasteiger partial charge in [0.25, 0.3) is 0 Å². The summed E-state index contributed by atoms with van der Waals surface area (Å²) in [6, 6.07) is 8.91. The molecule has 0 radical (unpaired) electrons. The Morgan fingerprint density at radius 2 is 2.09 bits per heavy atom. The summed E-state index contributed by atoms with van der Waals surface area (Å²) in [4.78, 5) is 14.6. The van der Waals surface area contributed by atoms with Gasteiger partial charge in [0.15, 0.2) is 0 Å².